The molecule has 1 radical (unpaired) electrons. The van der Waals surface area contributed by atoms with Crippen LogP contribution in [0.1, 0.15) is 86.7 Å². The van der Waals surface area contributed by atoms with Crippen LogP contribution in [0.2, 0.25) is 0 Å². The molecule has 0 saturated heterocycles. The van der Waals surface area contributed by atoms with Crippen LogP contribution in [0.15, 0.2) is 161 Å². The minimum absolute atomic E-state index is 0. The summed E-state index contributed by atoms with van der Waals surface area (Å²) < 4.78 is 41.1. The minimum Gasteiger partial charge on any atom is -0.500 e. The molecule has 4 heterocycles. The zero-order valence-electron chi connectivity index (χ0n) is 40.6. The summed E-state index contributed by atoms with van der Waals surface area (Å²) >= 11 is 0. The first-order chi connectivity index (χ1) is 32.2. The van der Waals surface area contributed by atoms with Gasteiger partial charge in [-0.3, -0.25) is 4.98 Å². The fraction of sp³-hybridized carbons (Fsp3) is 0.186. The molecule has 0 unspecified atom stereocenters. The number of fused-ring (bicyclic) bond motifs is 8. The molecule has 7 aromatic carbocycles. The Morgan fingerprint density at radius 3 is 2.11 bits per heavy atom. The third-order valence-corrected chi connectivity index (χ3v) is 12.2. The Bertz CT molecular complexity index is 3590. The van der Waals surface area contributed by atoms with Gasteiger partial charge in [-0.25, -0.2) is 0 Å². The van der Waals surface area contributed by atoms with Crippen LogP contribution in [-0.2, 0) is 25.5 Å². The number of imidazole rings is 1. The van der Waals surface area contributed by atoms with E-state index in [-0.39, 0.29) is 42.9 Å². The molecule has 0 bridgehead atoms. The fourth-order valence-corrected chi connectivity index (χ4v) is 8.90. The van der Waals surface area contributed by atoms with E-state index in [1.54, 1.807) is 12.1 Å². The normalized spacial score (nSPS) is 12.7. The number of nitrogens with zero attached hydrogens (tertiary/aromatic N) is 3. The van der Waals surface area contributed by atoms with Crippen LogP contribution in [0, 0.1) is 19.0 Å². The number of aromatic nitrogens is 3. The van der Waals surface area contributed by atoms with Gasteiger partial charge in [0.15, 0.2) is 0 Å². The Kier molecular flexibility index (Phi) is 10.7. The first kappa shape index (κ1) is 40.0. The van der Waals surface area contributed by atoms with Crippen LogP contribution in [0.4, 0.5) is 0 Å². The molecule has 0 N–H and O–H groups in total. The summed E-state index contributed by atoms with van der Waals surface area (Å²) in [6.07, 6.45) is 1.87. The summed E-state index contributed by atoms with van der Waals surface area (Å²) in [5.74, 6) is 0.802. The Morgan fingerprint density at radius 1 is 0.646 bits per heavy atom. The molecule has 0 amide bonds. The monoisotopic (exact) mass is 1030 g/mol. The Balaban J connectivity index is 0.000000289. The van der Waals surface area contributed by atoms with Crippen molar-refractivity contribution in [3.8, 4) is 39.5 Å². The van der Waals surface area contributed by atoms with E-state index in [0.29, 0.717) is 28.0 Å². The van der Waals surface area contributed by atoms with Crippen LogP contribution in [0.25, 0.3) is 94.4 Å². The smallest absolute Gasteiger partial charge is 0.139 e. The van der Waals surface area contributed by atoms with Crippen molar-refractivity contribution in [3.63, 3.8) is 0 Å². The summed E-state index contributed by atoms with van der Waals surface area (Å²) in [7, 11) is 0. The maximum atomic E-state index is 8.64. The van der Waals surface area contributed by atoms with E-state index in [1.165, 1.54) is 5.56 Å². The fourth-order valence-electron chi connectivity index (χ4n) is 8.90. The van der Waals surface area contributed by atoms with Crippen LogP contribution in [0.5, 0.6) is 0 Å². The molecule has 0 aliphatic rings. The molecule has 65 heavy (non-hydrogen) atoms. The van der Waals surface area contributed by atoms with Crippen molar-refractivity contribution in [2.45, 2.75) is 72.6 Å². The van der Waals surface area contributed by atoms with E-state index in [4.69, 9.17) is 17.9 Å². The van der Waals surface area contributed by atoms with E-state index < -0.39 is 6.85 Å². The summed E-state index contributed by atoms with van der Waals surface area (Å²) in [5.41, 5.74) is 13.9. The van der Waals surface area contributed by atoms with Gasteiger partial charge in [0.1, 0.15) is 16.7 Å². The summed E-state index contributed by atoms with van der Waals surface area (Å²) in [4.78, 5) is 9.63. The quantitative estimate of drug-likeness (QED) is 0.156. The predicted molar refractivity (Wildman–Crippen MR) is 265 cm³/mol. The van der Waals surface area contributed by atoms with Gasteiger partial charge < -0.3 is 18.4 Å². The Labute approximate surface area is 398 Å². The maximum Gasteiger partial charge on any atom is 0.139 e. The van der Waals surface area contributed by atoms with Crippen molar-refractivity contribution in [1.29, 1.82) is 0 Å². The topological polar surface area (TPSA) is 57.0 Å². The van der Waals surface area contributed by atoms with Crippen molar-refractivity contribution >= 4 is 54.9 Å². The van der Waals surface area contributed by atoms with Gasteiger partial charge in [0, 0.05) is 46.9 Å². The maximum absolute atomic E-state index is 8.64. The third-order valence-electron chi connectivity index (χ3n) is 12.2. The average molecular weight is 1030 g/mol. The molecular weight excluding hydrogens is 975 g/mol. The molecule has 0 aliphatic heterocycles. The third kappa shape index (κ3) is 7.90. The molecule has 11 aromatic rings. The van der Waals surface area contributed by atoms with Gasteiger partial charge in [0.2, 0.25) is 0 Å². The number of hydrogen-bond acceptors (Lipinski definition) is 4. The van der Waals surface area contributed by atoms with E-state index in [0.717, 1.165) is 77.5 Å². The van der Waals surface area contributed by atoms with Crippen LogP contribution in [-0.4, -0.2) is 14.5 Å². The van der Waals surface area contributed by atoms with E-state index in [1.807, 2.05) is 85.1 Å². The van der Waals surface area contributed by atoms with Crippen molar-refractivity contribution in [2.24, 2.45) is 0 Å². The van der Waals surface area contributed by atoms with Gasteiger partial charge in [0.25, 0.3) is 0 Å². The van der Waals surface area contributed by atoms with Gasteiger partial charge in [0.05, 0.1) is 27.8 Å². The predicted octanol–water partition coefficient (Wildman–Crippen LogP) is 16.4. The molecule has 11 rings (SSSR count). The molecule has 5 nitrogen and oxygen atoms in total. The SMILES string of the molecule is CC(C)(C)c1ccnc(-c2[c-]cccc2)c1.[2H]C([2H])([2H])c1cccc2nc(-c3[c-]ccc4c3oc3c4ccc4oc5ccccc5c43)n(-c3c(C(C)C)cc(-c4ccccc4)cc3C(C)C)c12.[Ir]. The van der Waals surface area contributed by atoms with Crippen molar-refractivity contribution in [1.82, 2.24) is 14.5 Å². The Hall–Kier alpha value is -6.59. The number of pyridine rings is 1. The summed E-state index contributed by atoms with van der Waals surface area (Å²) in [6.45, 7) is 13.0. The van der Waals surface area contributed by atoms with E-state index in [2.05, 4.69) is 125 Å². The molecule has 0 fully saturated rings. The Morgan fingerprint density at radius 2 is 1.38 bits per heavy atom. The van der Waals surface area contributed by atoms with Gasteiger partial charge in [-0.05, 0) is 106 Å². The van der Waals surface area contributed by atoms with Crippen molar-refractivity contribution < 1.29 is 33.1 Å². The molecule has 0 aliphatic carbocycles. The van der Waals surface area contributed by atoms with Gasteiger partial charge in [-0.2, -0.15) is 0 Å². The van der Waals surface area contributed by atoms with Crippen molar-refractivity contribution in [3.05, 3.63) is 186 Å². The molecule has 0 atom stereocenters. The molecule has 0 saturated carbocycles. The zero-order valence-corrected chi connectivity index (χ0v) is 40.0. The zero-order chi connectivity index (χ0) is 46.8. The number of rotatable bonds is 6. The molecule has 6 heteroatoms. The van der Waals surface area contributed by atoms with Gasteiger partial charge >= 0.3 is 0 Å². The van der Waals surface area contributed by atoms with Crippen LogP contribution >= 0.6 is 0 Å². The van der Waals surface area contributed by atoms with Crippen LogP contribution in [0.3, 0.4) is 0 Å². The number of furan rings is 2. The number of hydrogen-bond donors (Lipinski definition) is 0. The second kappa shape index (κ2) is 17.4. The van der Waals surface area contributed by atoms with Gasteiger partial charge in [-0.1, -0.05) is 126 Å². The molecule has 0 spiro atoms. The first-order valence-corrected chi connectivity index (χ1v) is 22.0. The van der Waals surface area contributed by atoms with Gasteiger partial charge in [-0.15, -0.1) is 54.1 Å². The van der Waals surface area contributed by atoms with E-state index >= 15 is 0 Å². The first-order valence-electron chi connectivity index (χ1n) is 23.5. The van der Waals surface area contributed by atoms with Crippen LogP contribution < -0.4 is 0 Å². The largest absolute Gasteiger partial charge is 0.500 e. The number of benzene rings is 7. The average Bonchev–Trinajstić information content (AvgIpc) is 4.03. The number of para-hydroxylation sites is 2. The molecule has 325 valence electrons. The standard InChI is InChI=1S/C44H35N2O2.C15H16N.Ir/c1-25(2)34-23-29(28-14-7-6-8-15-28)24-35(26(3)4)41(34)46-40-27(5)13-11-19-36(40)45-44(46)33-18-12-17-30-31-21-22-38-39(43(31)48-42(30)33)32-16-9-10-20-37(32)47-38;1-15(2,3)13-9-10-16-14(11-13)12-7-5-4-6-8-12;/h6-17,19-26H,1-5H3;4-7,9-11H,1-3H3;/q2*-1;/i5D3;;. The van der Waals surface area contributed by atoms with E-state index in [9.17, 15) is 0 Å². The summed E-state index contributed by atoms with van der Waals surface area (Å²) in [6, 6.07) is 55.1. The summed E-state index contributed by atoms with van der Waals surface area (Å²) in [5, 5.41) is 3.79. The number of aryl methyl sites for hydroxylation is 1. The molecule has 4 aromatic heterocycles. The second-order valence-electron chi connectivity index (χ2n) is 18.2. The van der Waals surface area contributed by atoms with Crippen molar-refractivity contribution in [2.75, 3.05) is 0 Å². The molecular formula is C59H51IrN3O2-2. The second-order valence-corrected chi connectivity index (χ2v) is 18.2. The minimum atomic E-state index is -2.38.